The minimum absolute atomic E-state index is 0.111. The summed E-state index contributed by atoms with van der Waals surface area (Å²) < 4.78 is 16.8. The molecule has 0 spiro atoms. The fraction of sp³-hybridized carbons (Fsp3) is 0.623. The van der Waals surface area contributed by atoms with Gasteiger partial charge < -0.3 is 14.2 Å². The molecule has 0 saturated carbocycles. The van der Waals surface area contributed by atoms with Crippen LogP contribution in [-0.4, -0.2) is 37.2 Å². The maximum absolute atomic E-state index is 12.8. The summed E-state index contributed by atoms with van der Waals surface area (Å²) in [5, 5.41) is 0. The Morgan fingerprint density at radius 2 is 0.582 bits per heavy atom. The Labute approximate surface area is 412 Å². The first-order valence-electron chi connectivity index (χ1n) is 27.0. The molecule has 6 nitrogen and oxygen atoms in total. The lowest BCUT2D eigenvalue weighted by Gasteiger charge is -2.18. The van der Waals surface area contributed by atoms with Crippen LogP contribution in [0.4, 0.5) is 0 Å². The van der Waals surface area contributed by atoms with Gasteiger partial charge in [-0.3, -0.25) is 14.4 Å². The summed E-state index contributed by atoms with van der Waals surface area (Å²) in [5.74, 6) is -0.987. The van der Waals surface area contributed by atoms with Gasteiger partial charge in [-0.15, -0.1) is 0 Å². The zero-order valence-electron chi connectivity index (χ0n) is 43.1. The molecule has 0 radical (unpaired) electrons. The van der Waals surface area contributed by atoms with Crippen molar-refractivity contribution in [3.8, 4) is 0 Å². The van der Waals surface area contributed by atoms with E-state index in [4.69, 9.17) is 14.2 Å². The Kier molecular flexibility index (Phi) is 51.0. The van der Waals surface area contributed by atoms with E-state index >= 15 is 0 Å². The van der Waals surface area contributed by atoms with Crippen LogP contribution < -0.4 is 0 Å². The second kappa shape index (κ2) is 54.4. The number of unbranched alkanes of at least 4 members (excludes halogenated alkanes) is 16. The van der Waals surface area contributed by atoms with E-state index in [1.807, 2.05) is 0 Å². The summed E-state index contributed by atoms with van der Waals surface area (Å²) in [6, 6.07) is 0. The molecule has 0 aromatic carbocycles. The summed E-state index contributed by atoms with van der Waals surface area (Å²) >= 11 is 0. The molecule has 0 bridgehead atoms. The van der Waals surface area contributed by atoms with Gasteiger partial charge in [-0.1, -0.05) is 200 Å². The second-order valence-corrected chi connectivity index (χ2v) is 17.4. The molecule has 0 N–H and O–H groups in total. The number of carbonyl (C=O) groups excluding carboxylic acids is 3. The van der Waals surface area contributed by atoms with Gasteiger partial charge in [-0.2, -0.15) is 0 Å². The Morgan fingerprint density at radius 1 is 0.313 bits per heavy atom. The summed E-state index contributed by atoms with van der Waals surface area (Å²) in [7, 11) is 0. The number of rotatable bonds is 47. The lowest BCUT2D eigenvalue weighted by atomic mass is 10.1. The summed E-state index contributed by atoms with van der Waals surface area (Å²) in [6.45, 7) is 6.31. The van der Waals surface area contributed by atoms with Gasteiger partial charge in [0.1, 0.15) is 13.2 Å². The van der Waals surface area contributed by atoms with E-state index in [1.165, 1.54) is 38.5 Å². The van der Waals surface area contributed by atoms with E-state index in [0.29, 0.717) is 19.3 Å². The fourth-order valence-corrected chi connectivity index (χ4v) is 6.92. The van der Waals surface area contributed by atoms with Crippen molar-refractivity contribution in [1.82, 2.24) is 0 Å². The molecule has 378 valence electrons. The standard InChI is InChI=1S/C61H98O6/c1-4-7-10-13-16-19-22-25-28-29-30-31-34-36-39-42-45-48-51-54-60(63)66-57-58(67-61(64)55-52-49-46-43-40-37-33-27-24-21-18-15-12-9-6-3)56-65-59(62)53-50-47-44-41-38-35-32-26-23-20-17-14-11-8-5-2/h8-9,11-12,16-21,25-28,30-33,40,43,58H,4-7,10,13-15,22-24,29,34-39,41-42,44-57H2,1-3H3/b11-8-,12-9-,19-16-,20-17-,21-18-,28-25-,31-30-,32-26-,33-27-,43-40-. The average Bonchev–Trinajstić information content (AvgIpc) is 3.33. The highest BCUT2D eigenvalue weighted by Gasteiger charge is 2.19. The summed E-state index contributed by atoms with van der Waals surface area (Å²) in [5.41, 5.74) is 0. The van der Waals surface area contributed by atoms with E-state index in [9.17, 15) is 14.4 Å². The van der Waals surface area contributed by atoms with Crippen LogP contribution in [0, 0.1) is 0 Å². The first-order chi connectivity index (χ1) is 33.0. The van der Waals surface area contributed by atoms with Gasteiger partial charge in [0.15, 0.2) is 6.10 Å². The third-order valence-electron chi connectivity index (χ3n) is 10.9. The first kappa shape index (κ1) is 62.8. The van der Waals surface area contributed by atoms with Crippen molar-refractivity contribution in [2.45, 2.75) is 232 Å². The van der Waals surface area contributed by atoms with Gasteiger partial charge in [0.05, 0.1) is 0 Å². The summed E-state index contributed by atoms with van der Waals surface area (Å²) in [6.07, 6.45) is 74.7. The van der Waals surface area contributed by atoms with Gasteiger partial charge in [-0.25, -0.2) is 0 Å². The number of hydrogen-bond donors (Lipinski definition) is 0. The zero-order chi connectivity index (χ0) is 48.6. The quantitative estimate of drug-likeness (QED) is 0.0262. The smallest absolute Gasteiger partial charge is 0.306 e. The number of allylic oxidation sites excluding steroid dienone is 20. The lowest BCUT2D eigenvalue weighted by molar-refractivity contribution is -0.167. The van der Waals surface area contributed by atoms with E-state index < -0.39 is 6.10 Å². The number of carbonyl (C=O) groups is 3. The van der Waals surface area contributed by atoms with Crippen LogP contribution in [0.2, 0.25) is 0 Å². The molecule has 0 aliphatic rings. The highest BCUT2D eigenvalue weighted by molar-refractivity contribution is 5.71. The molecule has 1 atom stereocenters. The van der Waals surface area contributed by atoms with Gasteiger partial charge in [0, 0.05) is 19.3 Å². The maximum Gasteiger partial charge on any atom is 0.306 e. The van der Waals surface area contributed by atoms with Gasteiger partial charge in [-0.05, 0) is 128 Å². The first-order valence-corrected chi connectivity index (χ1v) is 27.0. The Bertz CT molecular complexity index is 1440. The van der Waals surface area contributed by atoms with E-state index in [0.717, 1.165) is 141 Å². The van der Waals surface area contributed by atoms with Crippen LogP contribution in [0.1, 0.15) is 226 Å². The van der Waals surface area contributed by atoms with Crippen molar-refractivity contribution >= 4 is 17.9 Å². The van der Waals surface area contributed by atoms with Crippen LogP contribution in [0.25, 0.3) is 0 Å². The van der Waals surface area contributed by atoms with Gasteiger partial charge in [0.2, 0.25) is 0 Å². The molecule has 0 amide bonds. The normalized spacial score (nSPS) is 13.1. The largest absolute Gasteiger partial charge is 0.462 e. The molecule has 0 aromatic heterocycles. The molecule has 67 heavy (non-hydrogen) atoms. The minimum Gasteiger partial charge on any atom is -0.462 e. The third-order valence-corrected chi connectivity index (χ3v) is 10.9. The van der Waals surface area contributed by atoms with Crippen molar-refractivity contribution < 1.29 is 28.6 Å². The lowest BCUT2D eigenvalue weighted by Crippen LogP contribution is -2.30. The third kappa shape index (κ3) is 52.6. The molecule has 1 unspecified atom stereocenters. The average molecular weight is 927 g/mol. The van der Waals surface area contributed by atoms with E-state index in [2.05, 4.69) is 142 Å². The monoisotopic (exact) mass is 927 g/mol. The molecule has 0 heterocycles. The molecular formula is C61H98O6. The maximum atomic E-state index is 12.8. The second-order valence-electron chi connectivity index (χ2n) is 17.4. The topological polar surface area (TPSA) is 78.9 Å². The molecule has 0 aliphatic carbocycles. The number of hydrogen-bond acceptors (Lipinski definition) is 6. The van der Waals surface area contributed by atoms with Crippen LogP contribution in [0.15, 0.2) is 122 Å². The van der Waals surface area contributed by atoms with Crippen molar-refractivity contribution in [2.75, 3.05) is 13.2 Å². The highest BCUT2D eigenvalue weighted by atomic mass is 16.6. The predicted molar refractivity (Wildman–Crippen MR) is 288 cm³/mol. The Hall–Kier alpha value is -4.19. The van der Waals surface area contributed by atoms with Crippen molar-refractivity contribution in [3.63, 3.8) is 0 Å². The molecule has 0 saturated heterocycles. The van der Waals surface area contributed by atoms with E-state index in [-0.39, 0.29) is 37.5 Å². The molecule has 0 aromatic rings. The van der Waals surface area contributed by atoms with Crippen LogP contribution in [-0.2, 0) is 28.6 Å². The Morgan fingerprint density at radius 3 is 0.940 bits per heavy atom. The molecule has 0 fully saturated rings. The minimum atomic E-state index is -0.816. The van der Waals surface area contributed by atoms with Gasteiger partial charge >= 0.3 is 17.9 Å². The highest BCUT2D eigenvalue weighted by Crippen LogP contribution is 2.13. The van der Waals surface area contributed by atoms with Crippen LogP contribution in [0.5, 0.6) is 0 Å². The fourth-order valence-electron chi connectivity index (χ4n) is 6.92. The van der Waals surface area contributed by atoms with Gasteiger partial charge in [0.25, 0.3) is 0 Å². The van der Waals surface area contributed by atoms with Crippen LogP contribution in [0.3, 0.4) is 0 Å². The predicted octanol–water partition coefficient (Wildman–Crippen LogP) is 18.1. The number of ether oxygens (including phenoxy) is 3. The number of esters is 3. The molecular weight excluding hydrogens is 829 g/mol. The van der Waals surface area contributed by atoms with E-state index in [1.54, 1.807) is 0 Å². The zero-order valence-corrected chi connectivity index (χ0v) is 43.1. The molecule has 6 heteroatoms. The van der Waals surface area contributed by atoms with Crippen molar-refractivity contribution in [2.24, 2.45) is 0 Å². The van der Waals surface area contributed by atoms with Crippen molar-refractivity contribution in [3.05, 3.63) is 122 Å². The summed E-state index contributed by atoms with van der Waals surface area (Å²) in [4.78, 5) is 38.1. The molecule has 0 aliphatic heterocycles. The Balaban J connectivity index is 4.51. The molecule has 0 rings (SSSR count). The SMILES string of the molecule is CC/C=C\C/C=C\C/C=C\C/C=C\CCCCC(=O)OC(COC(=O)CCCCCCC/C=C\C/C=C\C/C=C\CC)COC(=O)CCCCCCCC/C=C\C/C=C\C/C=C\CCCCC. The van der Waals surface area contributed by atoms with Crippen molar-refractivity contribution in [1.29, 1.82) is 0 Å². The van der Waals surface area contributed by atoms with Crippen LogP contribution >= 0.6 is 0 Å².